The fourth-order valence-electron chi connectivity index (χ4n) is 2.62. The molecule has 0 bridgehead atoms. The minimum Gasteiger partial charge on any atom is -0.391 e. The van der Waals surface area contributed by atoms with Crippen LogP contribution in [0.5, 0.6) is 0 Å². The monoisotopic (exact) mass is 306 g/mol. The van der Waals surface area contributed by atoms with Gasteiger partial charge in [0.05, 0.1) is 17.0 Å². The molecular weight excluding hydrogens is 288 g/mol. The lowest BCUT2D eigenvalue weighted by atomic mass is 10.1. The van der Waals surface area contributed by atoms with Crippen molar-refractivity contribution in [1.29, 1.82) is 0 Å². The van der Waals surface area contributed by atoms with Crippen LogP contribution in [0.2, 0.25) is 0 Å². The number of aromatic nitrogens is 1. The van der Waals surface area contributed by atoms with E-state index in [9.17, 15) is 9.90 Å². The molecule has 0 radical (unpaired) electrons. The van der Waals surface area contributed by atoms with Gasteiger partial charge in [0.25, 0.3) is 5.91 Å². The number of amides is 1. The van der Waals surface area contributed by atoms with Crippen molar-refractivity contribution in [3.05, 3.63) is 29.3 Å². The largest absolute Gasteiger partial charge is 0.391 e. The van der Waals surface area contributed by atoms with E-state index < -0.39 is 6.10 Å². The van der Waals surface area contributed by atoms with E-state index in [0.717, 1.165) is 37.0 Å². The summed E-state index contributed by atoms with van der Waals surface area (Å²) >= 11 is 1.53. The van der Waals surface area contributed by atoms with Crippen LogP contribution in [0.1, 0.15) is 42.6 Å². The highest BCUT2D eigenvalue weighted by molar-refractivity contribution is 7.13. The van der Waals surface area contributed by atoms with Crippen molar-refractivity contribution in [2.75, 3.05) is 0 Å². The third-order valence-electron chi connectivity index (χ3n) is 3.80. The summed E-state index contributed by atoms with van der Waals surface area (Å²) < 4.78 is 5.21. The number of nitrogens with zero attached hydrogens (tertiary/aromatic N) is 1. The first-order valence-corrected chi connectivity index (χ1v) is 8.11. The Morgan fingerprint density at radius 1 is 1.38 bits per heavy atom. The predicted molar refractivity (Wildman–Crippen MR) is 80.2 cm³/mol. The Kier molecular flexibility index (Phi) is 4.36. The number of hydrogen-bond acceptors (Lipinski definition) is 5. The Morgan fingerprint density at radius 3 is 3.05 bits per heavy atom. The normalized spacial score (nSPS) is 22.7. The maximum absolute atomic E-state index is 12.2. The van der Waals surface area contributed by atoms with Crippen LogP contribution in [0.3, 0.4) is 0 Å². The van der Waals surface area contributed by atoms with Gasteiger partial charge in [0.1, 0.15) is 0 Å². The highest BCUT2D eigenvalue weighted by atomic mass is 32.1. The van der Waals surface area contributed by atoms with Gasteiger partial charge < -0.3 is 14.9 Å². The summed E-state index contributed by atoms with van der Waals surface area (Å²) in [4.78, 5) is 13.2. The van der Waals surface area contributed by atoms with Gasteiger partial charge in [-0.3, -0.25) is 4.79 Å². The molecule has 0 spiro atoms. The van der Waals surface area contributed by atoms with E-state index in [2.05, 4.69) is 10.5 Å². The highest BCUT2D eigenvalue weighted by Crippen LogP contribution is 2.25. The molecule has 2 unspecified atom stereocenters. The average Bonchev–Trinajstić information content (AvgIpc) is 3.12. The standard InChI is InChI=1S/C15H18N2O3S/c18-12-6-3-1-2-5-10(12)16-15(19)11-9-13(20-17-11)14-7-4-8-21-14/h4,7-10,12,18H,1-3,5-6H2,(H,16,19). The van der Waals surface area contributed by atoms with Gasteiger partial charge in [-0.2, -0.15) is 0 Å². The Hall–Kier alpha value is -1.66. The van der Waals surface area contributed by atoms with Crippen LogP contribution in [0.15, 0.2) is 28.1 Å². The molecule has 1 fully saturated rings. The van der Waals surface area contributed by atoms with Crippen molar-refractivity contribution in [2.24, 2.45) is 0 Å². The van der Waals surface area contributed by atoms with Crippen molar-refractivity contribution in [3.8, 4) is 10.6 Å². The number of aliphatic hydroxyl groups is 1. The van der Waals surface area contributed by atoms with Gasteiger partial charge in [-0.15, -0.1) is 11.3 Å². The number of carbonyl (C=O) groups is 1. The van der Waals surface area contributed by atoms with E-state index in [-0.39, 0.29) is 17.6 Å². The Morgan fingerprint density at radius 2 is 2.24 bits per heavy atom. The number of rotatable bonds is 3. The van der Waals surface area contributed by atoms with Crippen LogP contribution in [-0.4, -0.2) is 28.3 Å². The summed E-state index contributed by atoms with van der Waals surface area (Å²) in [7, 11) is 0. The molecule has 2 atom stereocenters. The van der Waals surface area contributed by atoms with Crippen molar-refractivity contribution >= 4 is 17.2 Å². The Bertz CT molecular complexity index is 594. The molecule has 2 N–H and O–H groups in total. The molecule has 21 heavy (non-hydrogen) atoms. The first-order valence-electron chi connectivity index (χ1n) is 7.23. The molecule has 1 amide bonds. The van der Waals surface area contributed by atoms with Crippen LogP contribution < -0.4 is 5.32 Å². The molecule has 1 aliphatic rings. The zero-order valence-corrected chi connectivity index (χ0v) is 12.4. The maximum atomic E-state index is 12.2. The lowest BCUT2D eigenvalue weighted by molar-refractivity contribution is 0.0811. The molecular formula is C15H18N2O3S. The first kappa shape index (κ1) is 14.3. The second-order valence-corrected chi connectivity index (χ2v) is 6.29. The number of nitrogens with one attached hydrogen (secondary N) is 1. The summed E-state index contributed by atoms with van der Waals surface area (Å²) in [6.07, 6.45) is 4.23. The van der Waals surface area contributed by atoms with Crippen LogP contribution in [0.4, 0.5) is 0 Å². The third kappa shape index (κ3) is 3.33. The molecule has 6 heteroatoms. The molecule has 112 valence electrons. The van der Waals surface area contributed by atoms with Crippen LogP contribution in [0.25, 0.3) is 10.6 Å². The SMILES string of the molecule is O=C(NC1CCCCCC1O)c1cc(-c2cccs2)on1. The minimum absolute atomic E-state index is 0.193. The van der Waals surface area contributed by atoms with Gasteiger partial charge in [0, 0.05) is 6.07 Å². The smallest absolute Gasteiger partial charge is 0.273 e. The van der Waals surface area contributed by atoms with Gasteiger partial charge in [0.2, 0.25) is 0 Å². The lowest BCUT2D eigenvalue weighted by Crippen LogP contribution is -2.42. The molecule has 0 aromatic carbocycles. The van der Waals surface area contributed by atoms with Gasteiger partial charge in [0.15, 0.2) is 11.5 Å². The summed E-state index contributed by atoms with van der Waals surface area (Å²) in [5.41, 5.74) is 0.259. The molecule has 3 rings (SSSR count). The first-order chi connectivity index (χ1) is 10.2. The Balaban J connectivity index is 1.67. The van der Waals surface area contributed by atoms with E-state index in [0.29, 0.717) is 5.76 Å². The molecule has 0 saturated heterocycles. The summed E-state index contributed by atoms with van der Waals surface area (Å²) in [6.45, 7) is 0. The van der Waals surface area contributed by atoms with Crippen molar-refractivity contribution in [2.45, 2.75) is 44.2 Å². The van der Waals surface area contributed by atoms with Crippen molar-refractivity contribution < 1.29 is 14.4 Å². The number of hydrogen-bond donors (Lipinski definition) is 2. The average molecular weight is 306 g/mol. The highest BCUT2D eigenvalue weighted by Gasteiger charge is 2.25. The molecule has 1 aliphatic carbocycles. The van der Waals surface area contributed by atoms with Gasteiger partial charge in [-0.25, -0.2) is 0 Å². The lowest BCUT2D eigenvalue weighted by Gasteiger charge is -2.20. The quantitative estimate of drug-likeness (QED) is 0.855. The minimum atomic E-state index is -0.472. The van der Waals surface area contributed by atoms with Gasteiger partial charge in [-0.05, 0) is 24.3 Å². The predicted octanol–water partition coefficient (Wildman–Crippen LogP) is 2.83. The van der Waals surface area contributed by atoms with Gasteiger partial charge >= 0.3 is 0 Å². The zero-order valence-electron chi connectivity index (χ0n) is 11.6. The second kappa shape index (κ2) is 6.41. The van der Waals surface area contributed by atoms with E-state index in [1.807, 2.05) is 17.5 Å². The maximum Gasteiger partial charge on any atom is 0.273 e. The summed E-state index contributed by atoms with van der Waals surface area (Å²) in [5.74, 6) is 0.309. The van der Waals surface area contributed by atoms with Crippen molar-refractivity contribution in [3.63, 3.8) is 0 Å². The van der Waals surface area contributed by atoms with Crippen LogP contribution in [0, 0.1) is 0 Å². The van der Waals surface area contributed by atoms with Crippen molar-refractivity contribution in [1.82, 2.24) is 10.5 Å². The molecule has 2 aromatic rings. The molecule has 0 aliphatic heterocycles. The third-order valence-corrected chi connectivity index (χ3v) is 4.69. The molecule has 2 aromatic heterocycles. The van der Waals surface area contributed by atoms with Crippen LogP contribution in [-0.2, 0) is 0 Å². The van der Waals surface area contributed by atoms with E-state index in [4.69, 9.17) is 4.52 Å². The Labute approximate surface area is 127 Å². The molecule has 2 heterocycles. The number of thiophene rings is 1. The molecule has 1 saturated carbocycles. The molecule has 5 nitrogen and oxygen atoms in total. The fourth-order valence-corrected chi connectivity index (χ4v) is 3.29. The van der Waals surface area contributed by atoms with E-state index >= 15 is 0 Å². The zero-order chi connectivity index (χ0) is 14.7. The second-order valence-electron chi connectivity index (χ2n) is 5.34. The van der Waals surface area contributed by atoms with E-state index in [1.165, 1.54) is 11.3 Å². The summed E-state index contributed by atoms with van der Waals surface area (Å²) in [6, 6.07) is 5.29. The van der Waals surface area contributed by atoms with Gasteiger partial charge in [-0.1, -0.05) is 30.5 Å². The number of carbonyl (C=O) groups excluding carboxylic acids is 1. The number of aliphatic hydroxyl groups excluding tert-OH is 1. The summed E-state index contributed by atoms with van der Waals surface area (Å²) in [5, 5.41) is 18.7. The van der Waals surface area contributed by atoms with Crippen LogP contribution >= 0.6 is 11.3 Å². The van der Waals surface area contributed by atoms with E-state index in [1.54, 1.807) is 6.07 Å². The fraction of sp³-hybridized carbons (Fsp3) is 0.467. The topological polar surface area (TPSA) is 75.4 Å².